The lowest BCUT2D eigenvalue weighted by atomic mass is 9.95. The molecule has 0 saturated carbocycles. The molecule has 3 aromatic heterocycles. The second-order valence-corrected chi connectivity index (χ2v) is 9.38. The Bertz CT molecular complexity index is 1650. The molecule has 3 heterocycles. The molecule has 0 radical (unpaired) electrons. The summed E-state index contributed by atoms with van der Waals surface area (Å²) in [5, 5.41) is 6.77. The van der Waals surface area contributed by atoms with Gasteiger partial charge in [-0.2, -0.15) is 0 Å². The Morgan fingerprint density at radius 3 is 2.30 bits per heavy atom. The number of aryl methyl sites for hydroxylation is 4. The fourth-order valence-electron chi connectivity index (χ4n) is 5.33. The minimum Gasteiger partial charge on any atom is -0.307 e. The van der Waals surface area contributed by atoms with Crippen LogP contribution in [-0.4, -0.2) is 4.40 Å². The smallest absolute Gasteiger partial charge is 0.224 e. The molecule has 0 N–H and O–H groups in total. The monoisotopic (exact) mass is 391 g/mol. The van der Waals surface area contributed by atoms with Crippen LogP contribution in [0.3, 0.4) is 0 Å². The topological polar surface area (TPSA) is 8.29 Å². The van der Waals surface area contributed by atoms with Gasteiger partial charge in [0, 0.05) is 16.8 Å². The van der Waals surface area contributed by atoms with Gasteiger partial charge in [0.2, 0.25) is 5.52 Å². The van der Waals surface area contributed by atoms with E-state index in [4.69, 9.17) is 0 Å². The van der Waals surface area contributed by atoms with Gasteiger partial charge in [0.25, 0.3) is 0 Å². The van der Waals surface area contributed by atoms with Crippen molar-refractivity contribution in [3.63, 3.8) is 0 Å². The minimum absolute atomic E-state index is 0.489. The van der Waals surface area contributed by atoms with Crippen molar-refractivity contribution in [1.29, 1.82) is 0 Å². The Morgan fingerprint density at radius 1 is 0.767 bits per heavy atom. The van der Waals surface area contributed by atoms with E-state index in [1.807, 2.05) is 0 Å². The van der Waals surface area contributed by atoms with Crippen molar-refractivity contribution in [3.8, 4) is 0 Å². The molecule has 0 atom stereocenters. The summed E-state index contributed by atoms with van der Waals surface area (Å²) in [5.74, 6) is 0.489. The van der Waals surface area contributed by atoms with Crippen LogP contribution in [0.2, 0.25) is 0 Å². The van der Waals surface area contributed by atoms with Crippen LogP contribution in [0.1, 0.15) is 42.0 Å². The number of benzene rings is 3. The summed E-state index contributed by atoms with van der Waals surface area (Å²) in [6, 6.07) is 16.5. The van der Waals surface area contributed by atoms with Crippen LogP contribution < -0.4 is 4.57 Å². The van der Waals surface area contributed by atoms with Gasteiger partial charge in [-0.15, -0.1) is 0 Å². The zero-order chi connectivity index (χ0) is 20.9. The van der Waals surface area contributed by atoms with E-state index in [-0.39, 0.29) is 0 Å². The second kappa shape index (κ2) is 5.72. The van der Waals surface area contributed by atoms with Crippen molar-refractivity contribution in [3.05, 3.63) is 70.9 Å². The number of pyridine rings is 2. The van der Waals surface area contributed by atoms with Crippen molar-refractivity contribution in [1.82, 2.24) is 4.40 Å². The van der Waals surface area contributed by atoms with Gasteiger partial charge in [-0.25, -0.2) is 4.57 Å². The molecule has 0 aliphatic heterocycles. The summed E-state index contributed by atoms with van der Waals surface area (Å²) in [6.07, 6.45) is 2.22. The van der Waals surface area contributed by atoms with E-state index in [1.165, 1.54) is 71.3 Å². The fraction of sp³-hybridized carbons (Fsp3) is 0.250. The lowest BCUT2D eigenvalue weighted by Gasteiger charge is -2.15. The van der Waals surface area contributed by atoms with Crippen LogP contribution in [0.4, 0.5) is 0 Å². The average Bonchev–Trinajstić information content (AvgIpc) is 3.02. The Morgan fingerprint density at radius 2 is 1.53 bits per heavy atom. The zero-order valence-corrected chi connectivity index (χ0v) is 18.6. The highest BCUT2D eigenvalue weighted by Crippen LogP contribution is 2.41. The second-order valence-electron chi connectivity index (χ2n) is 9.38. The van der Waals surface area contributed by atoms with E-state index < -0.39 is 0 Å². The van der Waals surface area contributed by atoms with Crippen molar-refractivity contribution in [2.24, 2.45) is 7.05 Å². The van der Waals surface area contributed by atoms with E-state index in [0.717, 1.165) is 0 Å². The van der Waals surface area contributed by atoms with Crippen molar-refractivity contribution in [2.75, 3.05) is 0 Å². The van der Waals surface area contributed by atoms with Crippen LogP contribution in [0.5, 0.6) is 0 Å². The molecule has 0 unspecified atom stereocenters. The molecule has 0 amide bonds. The molecule has 30 heavy (non-hydrogen) atoms. The molecule has 0 aliphatic carbocycles. The summed E-state index contributed by atoms with van der Waals surface area (Å²) >= 11 is 0. The predicted octanol–water partition coefficient (Wildman–Crippen LogP) is 6.86. The molecule has 0 saturated heterocycles. The maximum atomic E-state index is 2.54. The first kappa shape index (κ1) is 17.7. The fourth-order valence-corrected chi connectivity index (χ4v) is 5.33. The van der Waals surface area contributed by atoms with Gasteiger partial charge in [0.1, 0.15) is 7.05 Å². The van der Waals surface area contributed by atoms with Gasteiger partial charge in [-0.1, -0.05) is 32.0 Å². The first-order valence-electron chi connectivity index (χ1n) is 10.9. The first-order chi connectivity index (χ1) is 14.4. The Kier molecular flexibility index (Phi) is 3.38. The van der Waals surface area contributed by atoms with Crippen LogP contribution in [0.15, 0.2) is 48.7 Å². The number of nitrogens with zero attached hydrogens (tertiary/aromatic N) is 2. The molecule has 148 valence electrons. The quantitative estimate of drug-likeness (QED) is 0.164. The Hall–Kier alpha value is -3.13. The van der Waals surface area contributed by atoms with Gasteiger partial charge >= 0.3 is 0 Å². The van der Waals surface area contributed by atoms with Crippen molar-refractivity contribution >= 4 is 49.0 Å². The number of aromatic nitrogens is 2. The maximum absolute atomic E-state index is 2.54. The molecular weight excluding hydrogens is 364 g/mol. The third-order valence-corrected chi connectivity index (χ3v) is 7.13. The molecule has 0 bridgehead atoms. The van der Waals surface area contributed by atoms with E-state index >= 15 is 0 Å². The minimum atomic E-state index is 0.489. The molecule has 0 fully saturated rings. The molecule has 6 aromatic rings. The van der Waals surface area contributed by atoms with Gasteiger partial charge in [-0.3, -0.25) is 0 Å². The maximum Gasteiger partial charge on any atom is 0.224 e. The van der Waals surface area contributed by atoms with Gasteiger partial charge < -0.3 is 4.40 Å². The molecule has 0 spiro atoms. The molecule has 6 rings (SSSR count). The third kappa shape index (κ3) is 2.06. The highest BCUT2D eigenvalue weighted by atomic mass is 15.0. The predicted molar refractivity (Wildman–Crippen MR) is 128 cm³/mol. The van der Waals surface area contributed by atoms with Gasteiger partial charge in [0.05, 0.1) is 27.3 Å². The van der Waals surface area contributed by atoms with E-state index in [1.54, 1.807) is 0 Å². The molecule has 2 heteroatoms. The summed E-state index contributed by atoms with van der Waals surface area (Å²) in [4.78, 5) is 0. The number of rotatable bonds is 1. The van der Waals surface area contributed by atoms with Crippen LogP contribution in [-0.2, 0) is 7.05 Å². The number of hydrogen-bond acceptors (Lipinski definition) is 0. The van der Waals surface area contributed by atoms with Crippen LogP contribution in [0, 0.1) is 20.8 Å². The number of fused-ring (bicyclic) bond motifs is 5. The largest absolute Gasteiger partial charge is 0.307 e. The molecular formula is C28H27N2+. The zero-order valence-electron chi connectivity index (χ0n) is 18.6. The van der Waals surface area contributed by atoms with Gasteiger partial charge in [-0.05, 0) is 72.5 Å². The Labute approximate surface area is 176 Å². The highest BCUT2D eigenvalue weighted by molar-refractivity contribution is 6.25. The molecule has 3 aromatic carbocycles. The average molecular weight is 392 g/mol. The van der Waals surface area contributed by atoms with Gasteiger partial charge in [0.15, 0.2) is 6.20 Å². The lowest BCUT2D eigenvalue weighted by molar-refractivity contribution is -0.643. The van der Waals surface area contributed by atoms with E-state index in [0.29, 0.717) is 5.92 Å². The first-order valence-corrected chi connectivity index (χ1v) is 10.9. The van der Waals surface area contributed by atoms with Crippen LogP contribution >= 0.6 is 0 Å². The summed E-state index contributed by atoms with van der Waals surface area (Å²) in [6.45, 7) is 11.3. The standard InChI is InChI=1S/C28H27N2/c1-15(2)20-13-19-9-10-29(6)28-25-16(3)7-8-21-22-11-17(4)18(5)12-23(22)30(27(21)25)24(14-20)26(19)28/h7-15H,1-6H3/q+1. The number of hydrogen-bond donors (Lipinski definition) is 0. The summed E-state index contributed by atoms with van der Waals surface area (Å²) in [7, 11) is 2.18. The summed E-state index contributed by atoms with van der Waals surface area (Å²) < 4.78 is 4.85. The van der Waals surface area contributed by atoms with E-state index in [2.05, 4.69) is 99.3 Å². The third-order valence-electron chi connectivity index (χ3n) is 7.13. The van der Waals surface area contributed by atoms with E-state index in [9.17, 15) is 0 Å². The highest BCUT2D eigenvalue weighted by Gasteiger charge is 2.24. The SMILES string of the molecule is Cc1cc2c3ccc(C)c4c3n(c2cc1C)c1cc(C(C)C)cc2cc[n+](C)c4c21. The lowest BCUT2D eigenvalue weighted by Crippen LogP contribution is -2.29. The van der Waals surface area contributed by atoms with Crippen LogP contribution in [0.25, 0.3) is 49.0 Å². The normalized spacial score (nSPS) is 12.6. The van der Waals surface area contributed by atoms with Crippen molar-refractivity contribution in [2.45, 2.75) is 40.5 Å². The summed E-state index contributed by atoms with van der Waals surface area (Å²) in [5.41, 5.74) is 10.8. The van der Waals surface area contributed by atoms with Crippen molar-refractivity contribution < 1.29 is 4.57 Å². The Balaban J connectivity index is 2.08. The molecule has 2 nitrogen and oxygen atoms in total. The molecule has 0 aliphatic rings.